The maximum absolute atomic E-state index is 13.5. The first-order valence-corrected chi connectivity index (χ1v) is 12.3. The van der Waals surface area contributed by atoms with Crippen molar-refractivity contribution in [3.05, 3.63) is 59.2 Å². The highest BCUT2D eigenvalue weighted by molar-refractivity contribution is 7.89. The van der Waals surface area contributed by atoms with Crippen molar-refractivity contribution in [2.45, 2.75) is 18.4 Å². The van der Waals surface area contributed by atoms with Crippen LogP contribution in [0.15, 0.2) is 47.4 Å². The Morgan fingerprint density at radius 2 is 1.56 bits per heavy atom. The van der Waals surface area contributed by atoms with Crippen LogP contribution in [0.3, 0.4) is 0 Å². The van der Waals surface area contributed by atoms with E-state index in [2.05, 4.69) is 5.32 Å². The third-order valence-corrected chi connectivity index (χ3v) is 7.66. The fourth-order valence-corrected chi connectivity index (χ4v) is 5.49. The maximum atomic E-state index is 13.5. The molecule has 2 aromatic rings. The second kappa shape index (κ2) is 9.99. The number of hydrogen-bond donors (Lipinski definition) is 1. The van der Waals surface area contributed by atoms with Gasteiger partial charge in [0.2, 0.25) is 10.0 Å². The Bertz CT molecular complexity index is 1040. The molecule has 0 aromatic heterocycles. The van der Waals surface area contributed by atoms with E-state index < -0.39 is 10.0 Å². The summed E-state index contributed by atoms with van der Waals surface area (Å²) in [5, 5.41) is 2.89. The lowest BCUT2D eigenvalue weighted by Gasteiger charge is -2.32. The van der Waals surface area contributed by atoms with E-state index in [4.69, 9.17) is 9.47 Å². The minimum absolute atomic E-state index is 0.157. The minimum Gasteiger partial charge on any atom is -0.379 e. The maximum Gasteiger partial charge on any atom is 0.251 e. The summed E-state index contributed by atoms with van der Waals surface area (Å²) in [5.41, 5.74) is 3.06. The Labute approximate surface area is 189 Å². The van der Waals surface area contributed by atoms with Crippen LogP contribution < -0.4 is 10.2 Å². The second-order valence-corrected chi connectivity index (χ2v) is 9.87. The number of carbonyl (C=O) groups excluding carboxylic acids is 1. The summed E-state index contributed by atoms with van der Waals surface area (Å²) in [6.45, 7) is 5.99. The van der Waals surface area contributed by atoms with Crippen LogP contribution in [0.25, 0.3) is 0 Å². The van der Waals surface area contributed by atoms with E-state index >= 15 is 0 Å². The highest BCUT2D eigenvalue weighted by Crippen LogP contribution is 2.30. The number of carbonyl (C=O) groups is 1. The number of amides is 1. The molecule has 2 aromatic carbocycles. The molecule has 2 saturated heterocycles. The quantitative estimate of drug-likeness (QED) is 0.709. The molecule has 0 saturated carbocycles. The Balaban J connectivity index is 1.61. The number of rotatable bonds is 6. The van der Waals surface area contributed by atoms with E-state index in [1.165, 1.54) is 10.4 Å². The number of aryl methyl sites for hydroxylation is 1. The fraction of sp³-hybridized carbons (Fsp3) is 0.435. The van der Waals surface area contributed by atoms with Gasteiger partial charge in [0.25, 0.3) is 5.91 Å². The smallest absolute Gasteiger partial charge is 0.251 e. The second-order valence-electron chi connectivity index (χ2n) is 7.97. The number of nitrogens with one attached hydrogen (secondary N) is 1. The zero-order valence-corrected chi connectivity index (χ0v) is 19.1. The Hall–Kier alpha value is -2.46. The average molecular weight is 460 g/mol. The molecule has 0 aliphatic carbocycles. The lowest BCUT2D eigenvalue weighted by Crippen LogP contribution is -2.42. The van der Waals surface area contributed by atoms with E-state index in [0.29, 0.717) is 70.4 Å². The van der Waals surface area contributed by atoms with Gasteiger partial charge in [-0.15, -0.1) is 0 Å². The van der Waals surface area contributed by atoms with Crippen molar-refractivity contribution in [2.24, 2.45) is 0 Å². The SMILES string of the molecule is Cc1ccc(CNC(=O)c2ccc(N3CCOCC3)c(S(=O)(=O)N3CCOCC3)c2)cc1. The monoisotopic (exact) mass is 459 g/mol. The van der Waals surface area contributed by atoms with E-state index in [-0.39, 0.29) is 10.8 Å². The van der Waals surface area contributed by atoms with Gasteiger partial charge < -0.3 is 19.7 Å². The van der Waals surface area contributed by atoms with Crippen LogP contribution in [0.4, 0.5) is 5.69 Å². The van der Waals surface area contributed by atoms with Crippen LogP contribution in [-0.4, -0.2) is 71.2 Å². The molecule has 172 valence electrons. The molecule has 2 aliphatic rings. The molecule has 0 radical (unpaired) electrons. The molecule has 8 nitrogen and oxygen atoms in total. The molecule has 1 amide bonds. The summed E-state index contributed by atoms with van der Waals surface area (Å²) in [6.07, 6.45) is 0. The number of hydrogen-bond acceptors (Lipinski definition) is 6. The van der Waals surface area contributed by atoms with Gasteiger partial charge in [-0.3, -0.25) is 4.79 Å². The molecule has 4 rings (SSSR count). The number of morpholine rings is 2. The van der Waals surface area contributed by atoms with Crippen LogP contribution in [0.1, 0.15) is 21.5 Å². The zero-order valence-electron chi connectivity index (χ0n) is 18.2. The molecule has 32 heavy (non-hydrogen) atoms. The molecule has 0 unspecified atom stereocenters. The molecular formula is C23H29N3O5S. The van der Waals surface area contributed by atoms with Crippen LogP contribution >= 0.6 is 0 Å². The molecule has 2 fully saturated rings. The summed E-state index contributed by atoms with van der Waals surface area (Å²) in [7, 11) is -3.78. The van der Waals surface area contributed by atoms with E-state index in [1.54, 1.807) is 12.1 Å². The highest BCUT2D eigenvalue weighted by Gasteiger charge is 2.31. The van der Waals surface area contributed by atoms with Crippen molar-refractivity contribution in [1.82, 2.24) is 9.62 Å². The Kier molecular flexibility index (Phi) is 7.10. The van der Waals surface area contributed by atoms with E-state index in [9.17, 15) is 13.2 Å². The molecule has 0 atom stereocenters. The van der Waals surface area contributed by atoms with Gasteiger partial charge in [-0.25, -0.2) is 8.42 Å². The lowest BCUT2D eigenvalue weighted by molar-refractivity contribution is 0.0730. The summed E-state index contributed by atoms with van der Waals surface area (Å²) >= 11 is 0. The van der Waals surface area contributed by atoms with Gasteiger partial charge in [0, 0.05) is 38.3 Å². The third kappa shape index (κ3) is 5.12. The standard InChI is InChI=1S/C23H29N3O5S/c1-18-2-4-19(5-3-18)17-24-23(27)20-6-7-21(25-8-12-30-13-9-25)22(16-20)32(28,29)26-10-14-31-15-11-26/h2-7,16H,8-15,17H2,1H3,(H,24,27). The van der Waals surface area contributed by atoms with Crippen molar-refractivity contribution >= 4 is 21.6 Å². The number of nitrogens with zero attached hydrogens (tertiary/aromatic N) is 2. The Morgan fingerprint density at radius 3 is 2.22 bits per heavy atom. The molecule has 9 heteroatoms. The molecule has 2 aliphatic heterocycles. The topological polar surface area (TPSA) is 88.2 Å². The van der Waals surface area contributed by atoms with Crippen molar-refractivity contribution < 1.29 is 22.7 Å². The van der Waals surface area contributed by atoms with Crippen LogP contribution in [0.2, 0.25) is 0 Å². The molecule has 0 spiro atoms. The first-order valence-electron chi connectivity index (χ1n) is 10.8. The molecule has 0 bridgehead atoms. The van der Waals surface area contributed by atoms with Gasteiger partial charge >= 0.3 is 0 Å². The minimum atomic E-state index is -3.78. The van der Waals surface area contributed by atoms with Gasteiger partial charge in [-0.1, -0.05) is 29.8 Å². The predicted molar refractivity (Wildman–Crippen MR) is 121 cm³/mol. The van der Waals surface area contributed by atoms with E-state index in [1.807, 2.05) is 36.1 Å². The summed E-state index contributed by atoms with van der Waals surface area (Å²) < 4.78 is 39.2. The number of anilines is 1. The summed E-state index contributed by atoms with van der Waals surface area (Å²) in [5.74, 6) is -0.308. The van der Waals surface area contributed by atoms with E-state index in [0.717, 1.165) is 11.1 Å². The highest BCUT2D eigenvalue weighted by atomic mass is 32.2. The van der Waals surface area contributed by atoms with Gasteiger partial charge in [-0.05, 0) is 30.7 Å². The van der Waals surface area contributed by atoms with Gasteiger partial charge in [0.15, 0.2) is 0 Å². The molecule has 2 heterocycles. The normalized spacial score (nSPS) is 17.8. The predicted octanol–water partition coefficient (Wildman–Crippen LogP) is 1.78. The fourth-order valence-electron chi connectivity index (χ4n) is 3.84. The van der Waals surface area contributed by atoms with Gasteiger partial charge in [0.05, 0.1) is 32.1 Å². The van der Waals surface area contributed by atoms with Gasteiger partial charge in [0.1, 0.15) is 4.90 Å². The van der Waals surface area contributed by atoms with Gasteiger partial charge in [-0.2, -0.15) is 4.31 Å². The first-order chi connectivity index (χ1) is 15.4. The number of ether oxygens (including phenoxy) is 2. The largest absolute Gasteiger partial charge is 0.379 e. The van der Waals surface area contributed by atoms with Crippen molar-refractivity contribution in [3.8, 4) is 0 Å². The average Bonchev–Trinajstić information content (AvgIpc) is 2.84. The lowest BCUT2D eigenvalue weighted by atomic mass is 10.1. The van der Waals surface area contributed by atoms with Crippen LogP contribution in [0.5, 0.6) is 0 Å². The summed E-state index contributed by atoms with van der Waals surface area (Å²) in [4.78, 5) is 15.0. The van der Waals surface area contributed by atoms with Crippen molar-refractivity contribution in [3.63, 3.8) is 0 Å². The zero-order chi connectivity index (χ0) is 22.6. The third-order valence-electron chi connectivity index (χ3n) is 5.74. The number of benzene rings is 2. The van der Waals surface area contributed by atoms with Crippen molar-refractivity contribution in [2.75, 3.05) is 57.5 Å². The summed E-state index contributed by atoms with van der Waals surface area (Å²) in [6, 6.07) is 12.8. The first kappa shape index (κ1) is 22.7. The van der Waals surface area contributed by atoms with Crippen LogP contribution in [0, 0.1) is 6.92 Å². The number of sulfonamides is 1. The Morgan fingerprint density at radius 1 is 0.938 bits per heavy atom. The molecular weight excluding hydrogens is 430 g/mol. The van der Waals surface area contributed by atoms with Crippen LogP contribution in [-0.2, 0) is 26.0 Å². The van der Waals surface area contributed by atoms with Crippen molar-refractivity contribution in [1.29, 1.82) is 0 Å². The molecule has 1 N–H and O–H groups in total.